The summed E-state index contributed by atoms with van der Waals surface area (Å²) in [6.07, 6.45) is 4.62. The van der Waals surface area contributed by atoms with E-state index >= 15 is 0 Å². The molecule has 2 aromatic carbocycles. The van der Waals surface area contributed by atoms with Crippen LogP contribution in [0.1, 0.15) is 19.3 Å². The molecule has 0 saturated carbocycles. The number of carbonyl (C=O) groups is 1. The Balaban J connectivity index is 1.28. The lowest BCUT2D eigenvalue weighted by Crippen LogP contribution is -2.43. The van der Waals surface area contributed by atoms with E-state index in [9.17, 15) is 4.79 Å². The minimum atomic E-state index is -0.00857. The molecule has 6 heteroatoms. The molecule has 2 heterocycles. The van der Waals surface area contributed by atoms with Crippen LogP contribution in [0.3, 0.4) is 0 Å². The Morgan fingerprint density at radius 3 is 2.62 bits per heavy atom. The molecule has 1 amide bonds. The maximum absolute atomic E-state index is 12.8. The third kappa shape index (κ3) is 5.63. The first-order chi connectivity index (χ1) is 15.7. The van der Waals surface area contributed by atoms with Gasteiger partial charge in [0.1, 0.15) is 5.82 Å². The van der Waals surface area contributed by atoms with Crippen LogP contribution in [-0.4, -0.2) is 49.1 Å². The quantitative estimate of drug-likeness (QED) is 0.549. The molecule has 0 radical (unpaired) electrons. The van der Waals surface area contributed by atoms with E-state index in [0.29, 0.717) is 13.1 Å². The van der Waals surface area contributed by atoms with Crippen LogP contribution in [0.15, 0.2) is 72.9 Å². The summed E-state index contributed by atoms with van der Waals surface area (Å²) in [4.78, 5) is 26.4. The minimum Gasteiger partial charge on any atom is -0.375 e. The van der Waals surface area contributed by atoms with E-state index in [1.54, 1.807) is 6.20 Å². The normalized spacial score (nSPS) is 15.9. The van der Waals surface area contributed by atoms with E-state index in [1.165, 1.54) is 5.69 Å². The molecule has 0 unspecified atom stereocenters. The summed E-state index contributed by atoms with van der Waals surface area (Å²) < 4.78 is 0. The molecule has 4 rings (SSSR count). The standard InChI is InChI=1S/C26H31N5O/c1-30(23-13-6-3-7-14-23)18-9-16-28-26(32)22-12-8-19-31(20-22)24-15-17-27-25(29-24)21-10-4-2-5-11-21/h2-7,10-11,13-15,17,22H,8-9,12,16,18-20H2,1H3,(H,28,32)/t22-/m1/s1. The minimum absolute atomic E-state index is 0.00857. The van der Waals surface area contributed by atoms with Crippen molar-refractivity contribution in [2.45, 2.75) is 19.3 Å². The number of para-hydroxylation sites is 1. The monoisotopic (exact) mass is 429 g/mol. The first kappa shape index (κ1) is 21.8. The van der Waals surface area contributed by atoms with Gasteiger partial charge in [-0.2, -0.15) is 0 Å². The highest BCUT2D eigenvalue weighted by Gasteiger charge is 2.26. The molecule has 1 fully saturated rings. The lowest BCUT2D eigenvalue weighted by Gasteiger charge is -2.33. The number of piperidine rings is 1. The number of hydrogen-bond donors (Lipinski definition) is 1. The number of aromatic nitrogens is 2. The fourth-order valence-corrected chi connectivity index (χ4v) is 4.13. The van der Waals surface area contributed by atoms with Crippen molar-refractivity contribution in [2.24, 2.45) is 5.92 Å². The number of amides is 1. The molecule has 166 valence electrons. The van der Waals surface area contributed by atoms with Crippen molar-refractivity contribution >= 4 is 17.4 Å². The fourth-order valence-electron chi connectivity index (χ4n) is 4.13. The molecule has 3 aromatic rings. The van der Waals surface area contributed by atoms with Gasteiger partial charge in [0.15, 0.2) is 5.82 Å². The van der Waals surface area contributed by atoms with Crippen LogP contribution in [0.25, 0.3) is 11.4 Å². The smallest absolute Gasteiger partial charge is 0.224 e. The summed E-state index contributed by atoms with van der Waals surface area (Å²) in [5, 5.41) is 3.14. The maximum Gasteiger partial charge on any atom is 0.224 e. The molecule has 1 aromatic heterocycles. The van der Waals surface area contributed by atoms with Crippen LogP contribution >= 0.6 is 0 Å². The van der Waals surface area contributed by atoms with Gasteiger partial charge in [0.25, 0.3) is 0 Å². The van der Waals surface area contributed by atoms with E-state index in [-0.39, 0.29) is 11.8 Å². The molecule has 32 heavy (non-hydrogen) atoms. The molecule has 1 aliphatic heterocycles. The van der Waals surface area contributed by atoms with Gasteiger partial charge in [0.05, 0.1) is 5.92 Å². The van der Waals surface area contributed by atoms with Crippen LogP contribution < -0.4 is 15.1 Å². The Labute approximate surface area is 190 Å². The number of rotatable bonds is 8. The van der Waals surface area contributed by atoms with Crippen molar-refractivity contribution in [3.63, 3.8) is 0 Å². The van der Waals surface area contributed by atoms with Gasteiger partial charge in [-0.15, -0.1) is 0 Å². The average molecular weight is 430 g/mol. The van der Waals surface area contributed by atoms with Crippen molar-refractivity contribution in [1.29, 1.82) is 0 Å². The predicted octanol–water partition coefficient (Wildman–Crippen LogP) is 4.00. The zero-order valence-electron chi connectivity index (χ0n) is 18.7. The number of nitrogens with zero attached hydrogens (tertiary/aromatic N) is 4. The van der Waals surface area contributed by atoms with Gasteiger partial charge in [-0.25, -0.2) is 9.97 Å². The van der Waals surface area contributed by atoms with Crippen molar-refractivity contribution in [1.82, 2.24) is 15.3 Å². The second-order valence-electron chi connectivity index (χ2n) is 8.29. The second kappa shape index (κ2) is 10.8. The Kier molecular flexibility index (Phi) is 7.33. The van der Waals surface area contributed by atoms with Crippen LogP contribution in [0.4, 0.5) is 11.5 Å². The molecule has 0 spiro atoms. The topological polar surface area (TPSA) is 61.4 Å². The molecular weight excluding hydrogens is 398 g/mol. The van der Waals surface area contributed by atoms with Crippen LogP contribution in [0.5, 0.6) is 0 Å². The zero-order chi connectivity index (χ0) is 22.2. The molecule has 6 nitrogen and oxygen atoms in total. The van der Waals surface area contributed by atoms with Crippen LogP contribution in [-0.2, 0) is 4.79 Å². The van der Waals surface area contributed by atoms with E-state index in [1.807, 2.05) is 54.6 Å². The summed E-state index contributed by atoms with van der Waals surface area (Å²) >= 11 is 0. The summed E-state index contributed by atoms with van der Waals surface area (Å²) in [7, 11) is 2.08. The van der Waals surface area contributed by atoms with Gasteiger partial charge in [0, 0.05) is 50.7 Å². The van der Waals surface area contributed by atoms with E-state index in [4.69, 9.17) is 4.98 Å². The number of carbonyl (C=O) groups excluding carboxylic acids is 1. The maximum atomic E-state index is 12.8. The largest absolute Gasteiger partial charge is 0.375 e. The average Bonchev–Trinajstić information content (AvgIpc) is 2.87. The van der Waals surface area contributed by atoms with E-state index in [0.717, 1.165) is 49.6 Å². The lowest BCUT2D eigenvalue weighted by molar-refractivity contribution is -0.125. The Morgan fingerprint density at radius 2 is 1.84 bits per heavy atom. The Bertz CT molecular complexity index is 995. The fraction of sp³-hybridized carbons (Fsp3) is 0.346. The third-order valence-corrected chi connectivity index (χ3v) is 5.96. The number of hydrogen-bond acceptors (Lipinski definition) is 5. The van der Waals surface area contributed by atoms with Crippen LogP contribution in [0, 0.1) is 5.92 Å². The highest BCUT2D eigenvalue weighted by atomic mass is 16.1. The van der Waals surface area contributed by atoms with Crippen LogP contribution in [0.2, 0.25) is 0 Å². The molecule has 1 atom stereocenters. The Morgan fingerprint density at radius 1 is 1.09 bits per heavy atom. The first-order valence-corrected chi connectivity index (χ1v) is 11.4. The first-order valence-electron chi connectivity index (χ1n) is 11.4. The van der Waals surface area contributed by atoms with Gasteiger partial charge >= 0.3 is 0 Å². The molecule has 1 aliphatic rings. The van der Waals surface area contributed by atoms with Gasteiger partial charge in [-0.1, -0.05) is 48.5 Å². The predicted molar refractivity (Wildman–Crippen MR) is 130 cm³/mol. The van der Waals surface area contributed by atoms with E-state index < -0.39 is 0 Å². The Hall–Kier alpha value is -3.41. The van der Waals surface area contributed by atoms with Gasteiger partial charge in [-0.05, 0) is 37.5 Å². The molecule has 0 aliphatic carbocycles. The SMILES string of the molecule is CN(CCCNC(=O)[C@@H]1CCCN(c2ccnc(-c3ccccc3)n2)C1)c1ccccc1. The molecule has 1 saturated heterocycles. The molecule has 0 bridgehead atoms. The molecular formula is C26H31N5O. The number of nitrogens with one attached hydrogen (secondary N) is 1. The summed E-state index contributed by atoms with van der Waals surface area (Å²) in [6, 6.07) is 22.3. The van der Waals surface area contributed by atoms with Crippen molar-refractivity contribution in [3.05, 3.63) is 72.9 Å². The van der Waals surface area contributed by atoms with Gasteiger partial charge in [0.2, 0.25) is 5.91 Å². The van der Waals surface area contributed by atoms with Crippen molar-refractivity contribution < 1.29 is 4.79 Å². The van der Waals surface area contributed by atoms with Crippen molar-refractivity contribution in [3.8, 4) is 11.4 Å². The third-order valence-electron chi connectivity index (χ3n) is 5.96. The highest BCUT2D eigenvalue weighted by Crippen LogP contribution is 2.24. The summed E-state index contributed by atoms with van der Waals surface area (Å²) in [5.74, 6) is 1.75. The second-order valence-corrected chi connectivity index (χ2v) is 8.29. The lowest BCUT2D eigenvalue weighted by atomic mass is 9.97. The number of anilines is 2. The number of benzene rings is 2. The molecule has 1 N–H and O–H groups in total. The zero-order valence-corrected chi connectivity index (χ0v) is 18.7. The van der Waals surface area contributed by atoms with Gasteiger partial charge < -0.3 is 15.1 Å². The van der Waals surface area contributed by atoms with Crippen molar-refractivity contribution in [2.75, 3.05) is 43.0 Å². The van der Waals surface area contributed by atoms with E-state index in [2.05, 4.69) is 39.3 Å². The highest BCUT2D eigenvalue weighted by molar-refractivity contribution is 5.79. The summed E-state index contributed by atoms with van der Waals surface area (Å²) in [5.41, 5.74) is 2.20. The summed E-state index contributed by atoms with van der Waals surface area (Å²) in [6.45, 7) is 3.21. The van der Waals surface area contributed by atoms with Gasteiger partial charge in [-0.3, -0.25) is 4.79 Å².